The van der Waals surface area contributed by atoms with Crippen molar-refractivity contribution in [3.63, 3.8) is 0 Å². The number of carbonyl (C=O) groups is 3. The molecule has 2 fully saturated rings. The first-order valence-electron chi connectivity index (χ1n) is 7.34. The molecule has 2 bridgehead atoms. The molecule has 0 radical (unpaired) electrons. The maximum Gasteiger partial charge on any atom is 0.335 e. The molecular weight excluding hydrogens is 286 g/mol. The highest BCUT2D eigenvalue weighted by Gasteiger charge is 2.53. The maximum atomic E-state index is 12.4. The van der Waals surface area contributed by atoms with Crippen LogP contribution in [0.3, 0.4) is 0 Å². The molecule has 116 valence electrons. The van der Waals surface area contributed by atoms with Crippen LogP contribution in [0.15, 0.2) is 24.3 Å². The fourth-order valence-corrected chi connectivity index (χ4v) is 3.95. The largest absolute Gasteiger partial charge is 0.481 e. The molecule has 3 N–H and O–H groups in total. The monoisotopic (exact) mass is 303 g/mol. The van der Waals surface area contributed by atoms with Crippen LogP contribution in [0.25, 0.3) is 0 Å². The van der Waals surface area contributed by atoms with Crippen LogP contribution in [-0.4, -0.2) is 28.1 Å². The van der Waals surface area contributed by atoms with E-state index in [1.807, 2.05) is 0 Å². The van der Waals surface area contributed by atoms with Gasteiger partial charge in [0.15, 0.2) is 0 Å². The maximum absolute atomic E-state index is 12.4. The molecule has 0 aliphatic heterocycles. The minimum atomic E-state index is -1.03. The van der Waals surface area contributed by atoms with Crippen molar-refractivity contribution in [2.24, 2.45) is 23.7 Å². The summed E-state index contributed by atoms with van der Waals surface area (Å²) in [5, 5.41) is 20.9. The average Bonchev–Trinajstić information content (AvgIpc) is 3.08. The normalized spacial score (nSPS) is 29.3. The zero-order valence-corrected chi connectivity index (χ0v) is 11.9. The molecule has 22 heavy (non-hydrogen) atoms. The highest BCUT2D eigenvalue weighted by Crippen LogP contribution is 2.52. The number of anilines is 1. The van der Waals surface area contributed by atoms with Gasteiger partial charge in [-0.1, -0.05) is 0 Å². The first-order chi connectivity index (χ1) is 10.5. The van der Waals surface area contributed by atoms with Crippen molar-refractivity contribution in [2.45, 2.75) is 19.3 Å². The van der Waals surface area contributed by atoms with Crippen LogP contribution in [0.2, 0.25) is 0 Å². The highest BCUT2D eigenvalue weighted by atomic mass is 16.4. The smallest absolute Gasteiger partial charge is 0.335 e. The number of aromatic carboxylic acids is 1. The van der Waals surface area contributed by atoms with E-state index in [-0.39, 0.29) is 23.3 Å². The van der Waals surface area contributed by atoms with Gasteiger partial charge in [0.25, 0.3) is 0 Å². The Kier molecular flexibility index (Phi) is 3.60. The summed E-state index contributed by atoms with van der Waals surface area (Å²) in [7, 11) is 0. The molecule has 1 amide bonds. The zero-order chi connectivity index (χ0) is 15.9. The van der Waals surface area contributed by atoms with E-state index in [9.17, 15) is 19.5 Å². The highest BCUT2D eigenvalue weighted by molar-refractivity contribution is 5.96. The van der Waals surface area contributed by atoms with Gasteiger partial charge in [0.05, 0.1) is 17.4 Å². The Labute approximate surface area is 127 Å². The van der Waals surface area contributed by atoms with Crippen LogP contribution in [0.1, 0.15) is 29.6 Å². The van der Waals surface area contributed by atoms with Gasteiger partial charge < -0.3 is 15.5 Å². The van der Waals surface area contributed by atoms with Crippen molar-refractivity contribution in [1.29, 1.82) is 0 Å². The standard InChI is InChI=1S/C16H17NO5/c18-14(17-11-5-3-8(4-6-11)15(19)20)12-9-1-2-10(7-9)13(12)16(21)22/h3-6,9-10,12-13H,1-2,7H2,(H,17,18)(H,19,20)(H,21,22)/t9-,10+,12+,13+/m1/s1. The summed E-state index contributed by atoms with van der Waals surface area (Å²) < 4.78 is 0. The number of aliphatic carboxylic acids is 1. The van der Waals surface area contributed by atoms with Gasteiger partial charge in [-0.2, -0.15) is 0 Å². The van der Waals surface area contributed by atoms with E-state index >= 15 is 0 Å². The van der Waals surface area contributed by atoms with Crippen molar-refractivity contribution in [3.05, 3.63) is 29.8 Å². The molecule has 0 aromatic heterocycles. The first kappa shape index (κ1) is 14.6. The Morgan fingerprint density at radius 1 is 0.955 bits per heavy atom. The van der Waals surface area contributed by atoms with E-state index in [0.29, 0.717) is 5.69 Å². The lowest BCUT2D eigenvalue weighted by Crippen LogP contribution is -2.37. The molecule has 2 aliphatic rings. The molecule has 6 heteroatoms. The number of carboxylic acids is 2. The van der Waals surface area contributed by atoms with E-state index in [1.54, 1.807) is 0 Å². The molecule has 1 aromatic carbocycles. The number of fused-ring (bicyclic) bond motifs is 2. The summed E-state index contributed by atoms with van der Waals surface area (Å²) in [6, 6.07) is 5.86. The number of benzene rings is 1. The lowest BCUT2D eigenvalue weighted by molar-refractivity contribution is -0.148. The van der Waals surface area contributed by atoms with E-state index < -0.39 is 23.8 Å². The number of amides is 1. The molecular formula is C16H17NO5. The minimum absolute atomic E-state index is 0.104. The molecule has 1 aromatic rings. The lowest BCUT2D eigenvalue weighted by atomic mass is 9.78. The van der Waals surface area contributed by atoms with Crippen LogP contribution < -0.4 is 5.32 Å². The molecule has 0 spiro atoms. The molecule has 4 atom stereocenters. The second-order valence-corrected chi connectivity index (χ2v) is 6.09. The summed E-state index contributed by atoms with van der Waals surface area (Å²) in [6.45, 7) is 0. The third-order valence-corrected chi connectivity index (χ3v) is 4.90. The quantitative estimate of drug-likeness (QED) is 0.790. The molecule has 0 unspecified atom stereocenters. The van der Waals surface area contributed by atoms with E-state index in [2.05, 4.69) is 5.32 Å². The lowest BCUT2D eigenvalue weighted by Gasteiger charge is -2.27. The molecule has 0 saturated heterocycles. The Bertz CT molecular complexity index is 624. The predicted molar refractivity (Wildman–Crippen MR) is 77.5 cm³/mol. The molecule has 6 nitrogen and oxygen atoms in total. The van der Waals surface area contributed by atoms with Gasteiger partial charge >= 0.3 is 11.9 Å². The topological polar surface area (TPSA) is 104 Å². The van der Waals surface area contributed by atoms with E-state index in [4.69, 9.17) is 5.11 Å². The van der Waals surface area contributed by atoms with Gasteiger partial charge in [0.1, 0.15) is 0 Å². The summed E-state index contributed by atoms with van der Waals surface area (Å²) in [4.78, 5) is 34.7. The minimum Gasteiger partial charge on any atom is -0.481 e. The number of hydrogen-bond donors (Lipinski definition) is 3. The van der Waals surface area contributed by atoms with Gasteiger partial charge in [0.2, 0.25) is 5.91 Å². The van der Waals surface area contributed by atoms with Crippen LogP contribution in [0, 0.1) is 23.7 Å². The average molecular weight is 303 g/mol. The Morgan fingerprint density at radius 3 is 2.09 bits per heavy atom. The number of nitrogens with one attached hydrogen (secondary N) is 1. The Morgan fingerprint density at radius 2 is 1.55 bits per heavy atom. The second-order valence-electron chi connectivity index (χ2n) is 6.09. The van der Waals surface area contributed by atoms with Gasteiger partial charge in [-0.3, -0.25) is 9.59 Å². The number of rotatable bonds is 4. The number of carbonyl (C=O) groups excluding carboxylic acids is 1. The van der Waals surface area contributed by atoms with Crippen molar-refractivity contribution in [3.8, 4) is 0 Å². The summed E-state index contributed by atoms with van der Waals surface area (Å²) in [5.74, 6) is -3.04. The number of hydrogen-bond acceptors (Lipinski definition) is 3. The van der Waals surface area contributed by atoms with Crippen LogP contribution in [0.4, 0.5) is 5.69 Å². The Hall–Kier alpha value is -2.37. The molecule has 2 aliphatic carbocycles. The SMILES string of the molecule is O=C(O)c1ccc(NC(=O)[C@H]2[C@@H]3CC[C@@H](C3)[C@@H]2C(=O)O)cc1. The van der Waals surface area contributed by atoms with Crippen LogP contribution >= 0.6 is 0 Å². The third kappa shape index (κ3) is 2.45. The van der Waals surface area contributed by atoms with Gasteiger partial charge in [0, 0.05) is 5.69 Å². The second kappa shape index (κ2) is 5.44. The fraction of sp³-hybridized carbons (Fsp3) is 0.438. The summed E-state index contributed by atoms with van der Waals surface area (Å²) in [5.41, 5.74) is 0.628. The fourth-order valence-electron chi connectivity index (χ4n) is 3.95. The summed E-state index contributed by atoms with van der Waals surface area (Å²) >= 11 is 0. The zero-order valence-electron chi connectivity index (χ0n) is 11.9. The van der Waals surface area contributed by atoms with Crippen molar-refractivity contribution in [1.82, 2.24) is 0 Å². The van der Waals surface area contributed by atoms with Gasteiger partial charge in [-0.25, -0.2) is 4.79 Å². The van der Waals surface area contributed by atoms with Crippen molar-refractivity contribution < 1.29 is 24.6 Å². The van der Waals surface area contributed by atoms with Gasteiger partial charge in [-0.05, 0) is 55.4 Å². The van der Waals surface area contributed by atoms with E-state index in [1.165, 1.54) is 24.3 Å². The molecule has 0 heterocycles. The Balaban J connectivity index is 1.73. The van der Waals surface area contributed by atoms with Crippen molar-refractivity contribution >= 4 is 23.5 Å². The number of carboxylic acid groups (broad SMARTS) is 2. The van der Waals surface area contributed by atoms with E-state index in [0.717, 1.165) is 19.3 Å². The molecule has 2 saturated carbocycles. The predicted octanol–water partition coefficient (Wildman–Crippen LogP) is 2.07. The van der Waals surface area contributed by atoms with Crippen LogP contribution in [0.5, 0.6) is 0 Å². The third-order valence-electron chi connectivity index (χ3n) is 4.90. The first-order valence-corrected chi connectivity index (χ1v) is 7.34. The van der Waals surface area contributed by atoms with Crippen LogP contribution in [-0.2, 0) is 9.59 Å². The summed E-state index contributed by atoms with van der Waals surface area (Å²) in [6.07, 6.45) is 2.61. The van der Waals surface area contributed by atoms with Crippen molar-refractivity contribution in [2.75, 3.05) is 5.32 Å². The van der Waals surface area contributed by atoms with Gasteiger partial charge in [-0.15, -0.1) is 0 Å². The molecule has 3 rings (SSSR count).